The first kappa shape index (κ1) is 14.5. The highest BCUT2D eigenvalue weighted by Crippen LogP contribution is 2.25. The maximum atomic E-state index is 11.9. The van der Waals surface area contributed by atoms with Gasteiger partial charge in [-0.15, -0.1) is 0 Å². The molecule has 0 saturated heterocycles. The molecule has 5 heteroatoms. The number of hydrogen-bond acceptors (Lipinski definition) is 4. The SMILES string of the molecule is CC(=O)Oc1cc(I)cc(OC(=O)c2ccccc2)c1. The van der Waals surface area contributed by atoms with Gasteiger partial charge < -0.3 is 9.47 Å². The van der Waals surface area contributed by atoms with Crippen LogP contribution in [0.1, 0.15) is 17.3 Å². The first-order valence-corrected chi connectivity index (χ1v) is 6.89. The van der Waals surface area contributed by atoms with Crippen LogP contribution in [0, 0.1) is 3.57 Å². The molecule has 0 heterocycles. The van der Waals surface area contributed by atoms with Crippen molar-refractivity contribution in [3.8, 4) is 11.5 Å². The zero-order valence-corrected chi connectivity index (χ0v) is 12.8. The fraction of sp³-hybridized carbons (Fsp3) is 0.0667. The van der Waals surface area contributed by atoms with Crippen molar-refractivity contribution in [3.63, 3.8) is 0 Å². The Balaban J connectivity index is 2.19. The van der Waals surface area contributed by atoms with Crippen LogP contribution in [0.2, 0.25) is 0 Å². The van der Waals surface area contributed by atoms with Crippen molar-refractivity contribution < 1.29 is 19.1 Å². The lowest BCUT2D eigenvalue weighted by atomic mass is 10.2. The lowest BCUT2D eigenvalue weighted by Crippen LogP contribution is -2.09. The van der Waals surface area contributed by atoms with Crippen molar-refractivity contribution in [3.05, 3.63) is 57.7 Å². The smallest absolute Gasteiger partial charge is 0.343 e. The van der Waals surface area contributed by atoms with Gasteiger partial charge in [-0.2, -0.15) is 0 Å². The Morgan fingerprint density at radius 2 is 1.55 bits per heavy atom. The van der Waals surface area contributed by atoms with Crippen LogP contribution in [-0.2, 0) is 4.79 Å². The lowest BCUT2D eigenvalue weighted by Gasteiger charge is -2.07. The van der Waals surface area contributed by atoms with Gasteiger partial charge in [-0.05, 0) is 46.9 Å². The predicted molar refractivity (Wildman–Crippen MR) is 81.9 cm³/mol. The van der Waals surface area contributed by atoms with E-state index in [9.17, 15) is 9.59 Å². The van der Waals surface area contributed by atoms with Gasteiger partial charge in [0.15, 0.2) is 0 Å². The van der Waals surface area contributed by atoms with Crippen molar-refractivity contribution in [1.29, 1.82) is 0 Å². The molecular formula is C15H11IO4. The van der Waals surface area contributed by atoms with Gasteiger partial charge in [0.1, 0.15) is 11.5 Å². The Bertz CT molecular complexity index is 638. The molecule has 0 unspecified atom stereocenters. The van der Waals surface area contributed by atoms with Gasteiger partial charge >= 0.3 is 11.9 Å². The molecule has 0 bridgehead atoms. The lowest BCUT2D eigenvalue weighted by molar-refractivity contribution is -0.131. The molecule has 0 radical (unpaired) electrons. The van der Waals surface area contributed by atoms with Crippen LogP contribution in [0.4, 0.5) is 0 Å². The average Bonchev–Trinajstić information content (AvgIpc) is 2.38. The van der Waals surface area contributed by atoms with Crippen LogP contribution in [0.3, 0.4) is 0 Å². The summed E-state index contributed by atoms with van der Waals surface area (Å²) in [5.74, 6) is -0.198. The Kier molecular flexibility index (Phi) is 4.73. The van der Waals surface area contributed by atoms with E-state index in [-0.39, 0.29) is 0 Å². The molecule has 0 fully saturated rings. The van der Waals surface area contributed by atoms with Gasteiger partial charge in [-0.3, -0.25) is 4.79 Å². The zero-order valence-electron chi connectivity index (χ0n) is 10.6. The standard InChI is InChI=1S/C15H11IO4/c1-10(17)19-13-7-12(16)8-14(9-13)20-15(18)11-5-3-2-4-6-11/h2-9H,1H3. The average molecular weight is 382 g/mol. The highest BCUT2D eigenvalue weighted by Gasteiger charge is 2.10. The van der Waals surface area contributed by atoms with E-state index in [1.807, 2.05) is 6.07 Å². The first-order valence-electron chi connectivity index (χ1n) is 5.81. The molecule has 0 amide bonds. The number of rotatable bonds is 3. The van der Waals surface area contributed by atoms with Gasteiger partial charge in [0, 0.05) is 16.6 Å². The Morgan fingerprint density at radius 3 is 2.15 bits per heavy atom. The van der Waals surface area contributed by atoms with Gasteiger partial charge in [0.25, 0.3) is 0 Å². The Morgan fingerprint density at radius 1 is 0.950 bits per heavy atom. The maximum Gasteiger partial charge on any atom is 0.343 e. The number of ether oxygens (including phenoxy) is 2. The van der Waals surface area contributed by atoms with Gasteiger partial charge in [0.05, 0.1) is 5.56 Å². The van der Waals surface area contributed by atoms with Crippen LogP contribution in [0.15, 0.2) is 48.5 Å². The van der Waals surface area contributed by atoms with E-state index < -0.39 is 11.9 Å². The highest BCUT2D eigenvalue weighted by atomic mass is 127. The molecule has 0 spiro atoms. The van der Waals surface area contributed by atoms with Crippen molar-refractivity contribution in [2.24, 2.45) is 0 Å². The summed E-state index contributed by atoms with van der Waals surface area (Å²) in [6.07, 6.45) is 0. The van der Waals surface area contributed by atoms with Gasteiger partial charge in [0.2, 0.25) is 0 Å². The highest BCUT2D eigenvalue weighted by molar-refractivity contribution is 14.1. The van der Waals surface area contributed by atoms with Crippen LogP contribution in [0.25, 0.3) is 0 Å². The minimum absolute atomic E-state index is 0.335. The van der Waals surface area contributed by atoms with E-state index in [4.69, 9.17) is 9.47 Å². The molecule has 102 valence electrons. The molecule has 0 aromatic heterocycles. The number of esters is 2. The third-order valence-electron chi connectivity index (χ3n) is 2.33. The van der Waals surface area contributed by atoms with E-state index >= 15 is 0 Å². The molecule has 2 rings (SSSR count). The summed E-state index contributed by atoms with van der Waals surface area (Å²) in [5, 5.41) is 0. The van der Waals surface area contributed by atoms with E-state index in [1.54, 1.807) is 36.4 Å². The van der Waals surface area contributed by atoms with Crippen molar-refractivity contribution >= 4 is 34.5 Å². The number of carbonyl (C=O) groups excluding carboxylic acids is 2. The molecule has 0 N–H and O–H groups in total. The summed E-state index contributed by atoms with van der Waals surface area (Å²) in [5.41, 5.74) is 0.459. The van der Waals surface area contributed by atoms with E-state index in [0.29, 0.717) is 17.1 Å². The first-order chi connectivity index (χ1) is 9.54. The summed E-state index contributed by atoms with van der Waals surface area (Å²) in [6, 6.07) is 13.6. The molecule has 0 aliphatic rings. The third-order valence-corrected chi connectivity index (χ3v) is 2.95. The van der Waals surface area contributed by atoms with Crippen molar-refractivity contribution in [2.45, 2.75) is 6.92 Å². The maximum absolute atomic E-state index is 11.9. The number of halogens is 1. The normalized spacial score (nSPS) is 9.90. The molecular weight excluding hydrogens is 371 g/mol. The third kappa shape index (κ3) is 4.06. The fourth-order valence-electron chi connectivity index (χ4n) is 1.56. The van der Waals surface area contributed by atoms with Crippen LogP contribution >= 0.6 is 22.6 Å². The minimum atomic E-state index is -0.457. The van der Waals surface area contributed by atoms with Crippen LogP contribution in [0.5, 0.6) is 11.5 Å². The molecule has 20 heavy (non-hydrogen) atoms. The molecule has 4 nitrogen and oxygen atoms in total. The van der Waals surface area contributed by atoms with E-state index in [2.05, 4.69) is 22.6 Å². The molecule has 2 aromatic rings. The zero-order chi connectivity index (χ0) is 14.5. The summed E-state index contributed by atoms with van der Waals surface area (Å²) in [4.78, 5) is 22.9. The fourth-order valence-corrected chi connectivity index (χ4v) is 2.17. The molecule has 0 atom stereocenters. The predicted octanol–water partition coefficient (Wildman–Crippen LogP) is 3.44. The summed E-state index contributed by atoms with van der Waals surface area (Å²) >= 11 is 2.06. The largest absolute Gasteiger partial charge is 0.427 e. The minimum Gasteiger partial charge on any atom is -0.427 e. The van der Waals surface area contributed by atoms with E-state index in [0.717, 1.165) is 3.57 Å². The molecule has 0 saturated carbocycles. The quantitative estimate of drug-likeness (QED) is 0.464. The summed E-state index contributed by atoms with van der Waals surface area (Å²) in [7, 11) is 0. The topological polar surface area (TPSA) is 52.6 Å². The van der Waals surface area contributed by atoms with Gasteiger partial charge in [-0.1, -0.05) is 18.2 Å². The second-order valence-electron chi connectivity index (χ2n) is 3.97. The molecule has 0 aliphatic carbocycles. The number of carbonyl (C=O) groups is 2. The van der Waals surface area contributed by atoms with Gasteiger partial charge in [-0.25, -0.2) is 4.79 Å². The Labute approximate surface area is 129 Å². The van der Waals surface area contributed by atoms with Crippen molar-refractivity contribution in [1.82, 2.24) is 0 Å². The number of benzene rings is 2. The van der Waals surface area contributed by atoms with Crippen molar-refractivity contribution in [2.75, 3.05) is 0 Å². The monoisotopic (exact) mass is 382 g/mol. The molecule has 0 aliphatic heterocycles. The van der Waals surface area contributed by atoms with Crippen LogP contribution < -0.4 is 9.47 Å². The molecule has 2 aromatic carbocycles. The van der Waals surface area contributed by atoms with E-state index in [1.165, 1.54) is 13.0 Å². The van der Waals surface area contributed by atoms with Crippen LogP contribution in [-0.4, -0.2) is 11.9 Å². The summed E-state index contributed by atoms with van der Waals surface area (Å²) < 4.78 is 11.1. The summed E-state index contributed by atoms with van der Waals surface area (Å²) in [6.45, 7) is 1.31. The number of hydrogen-bond donors (Lipinski definition) is 0. The Hall–Kier alpha value is -1.89. The second kappa shape index (κ2) is 6.51. The second-order valence-corrected chi connectivity index (χ2v) is 5.22.